The summed E-state index contributed by atoms with van der Waals surface area (Å²) in [5.41, 5.74) is 21.7. The van der Waals surface area contributed by atoms with Gasteiger partial charge in [0.25, 0.3) is 0 Å². The molecule has 3 aliphatic rings. The van der Waals surface area contributed by atoms with E-state index in [2.05, 4.69) is 180 Å². The monoisotopic (exact) mass is 1020 g/mol. The fourth-order valence-corrected chi connectivity index (χ4v) is 12.0. The highest BCUT2D eigenvalue weighted by molar-refractivity contribution is 5.88. The predicted octanol–water partition coefficient (Wildman–Crippen LogP) is 16.5. The zero-order valence-corrected chi connectivity index (χ0v) is 43.1. The average Bonchev–Trinajstić information content (AvgIpc) is 3.71. The summed E-state index contributed by atoms with van der Waals surface area (Å²) < 4.78 is 0. The molecule has 374 valence electrons. The summed E-state index contributed by atoms with van der Waals surface area (Å²) in [5, 5.41) is 0. The molecular formula is C72H46N8. The van der Waals surface area contributed by atoms with Crippen molar-refractivity contribution in [1.82, 2.24) is 39.9 Å². The fraction of sp³-hybridized carbons (Fsp3) is 0.0278. The second kappa shape index (κ2) is 19.7. The molecule has 8 heteroatoms. The van der Waals surface area contributed by atoms with Crippen LogP contribution in [0, 0.1) is 0 Å². The minimum Gasteiger partial charge on any atom is -0.264 e. The second-order valence-electron chi connectivity index (χ2n) is 20.2. The van der Waals surface area contributed by atoms with Gasteiger partial charge >= 0.3 is 0 Å². The van der Waals surface area contributed by atoms with Crippen LogP contribution in [0.15, 0.2) is 267 Å². The summed E-state index contributed by atoms with van der Waals surface area (Å²) in [7, 11) is 0. The van der Waals surface area contributed by atoms with Crippen LogP contribution in [-0.4, -0.2) is 39.9 Å². The van der Waals surface area contributed by atoms with E-state index in [1.807, 2.05) is 85.2 Å². The van der Waals surface area contributed by atoms with E-state index < -0.39 is 0 Å². The molecule has 0 amide bonds. The smallest absolute Gasteiger partial charge is 0.164 e. The third-order valence-electron chi connectivity index (χ3n) is 15.6. The Labute approximate surface area is 463 Å². The molecule has 0 saturated heterocycles. The molecule has 0 spiro atoms. The molecule has 16 rings (SSSR count). The molecule has 3 aliphatic carbocycles. The standard InChI is InChI=1S/C72H46N8/c1-3-19-45(20-4-1)67-75-69(79-71(77-67)61-33-15-9-27-53(61)49-23-17-39-73-43-49)59-31-13-7-25-51(59)47-35-37-57-63(41-47)65-55-29-11-12-30-56(55)66(57)64-42-48(36-38-58(64)65)52-26-8-14-32-60(52)70-76-68(46-21-5-2-6-22-46)78-72(80-70)62-34-16-10-28-54(62)50-24-18-40-74-44-50/h1-44,65-66H. The van der Waals surface area contributed by atoms with E-state index in [9.17, 15) is 0 Å². The van der Waals surface area contributed by atoms with Crippen LogP contribution in [-0.2, 0) is 0 Å². The number of aromatic nitrogens is 8. The molecule has 4 heterocycles. The van der Waals surface area contributed by atoms with Gasteiger partial charge in [0.15, 0.2) is 34.9 Å². The summed E-state index contributed by atoms with van der Waals surface area (Å²) in [6.07, 6.45) is 7.35. The van der Waals surface area contributed by atoms with Gasteiger partial charge in [-0.2, -0.15) is 0 Å². The van der Waals surface area contributed by atoms with Gasteiger partial charge in [0.2, 0.25) is 0 Å². The van der Waals surface area contributed by atoms with E-state index in [1.165, 1.54) is 33.4 Å². The number of nitrogens with zero attached hydrogens (tertiary/aromatic N) is 8. The summed E-state index contributed by atoms with van der Waals surface area (Å²) in [5.74, 6) is 3.66. The Morgan fingerprint density at radius 3 is 0.838 bits per heavy atom. The third-order valence-corrected chi connectivity index (χ3v) is 15.6. The van der Waals surface area contributed by atoms with E-state index in [-0.39, 0.29) is 11.8 Å². The van der Waals surface area contributed by atoms with Crippen LogP contribution >= 0.6 is 0 Å². The highest BCUT2D eigenvalue weighted by atomic mass is 15.0. The maximum atomic E-state index is 5.31. The van der Waals surface area contributed by atoms with Crippen molar-refractivity contribution in [2.75, 3.05) is 0 Å². The molecular weight excluding hydrogens is 977 g/mol. The molecule has 4 aromatic heterocycles. The first-order valence-electron chi connectivity index (χ1n) is 26.9. The molecule has 8 nitrogen and oxygen atoms in total. The normalized spacial score (nSPS) is 13.8. The molecule has 2 atom stereocenters. The Bertz CT molecular complexity index is 4200. The summed E-state index contributed by atoms with van der Waals surface area (Å²) >= 11 is 0. The van der Waals surface area contributed by atoms with Gasteiger partial charge in [0.05, 0.1) is 0 Å². The van der Waals surface area contributed by atoms with Crippen LogP contribution in [0.2, 0.25) is 0 Å². The maximum Gasteiger partial charge on any atom is 0.164 e. The SMILES string of the molecule is c1ccc(-c2nc(-c3ccccc3-c3cccnc3)nc(-c3ccccc3-c3ccc4c(c3)C3c5ccccc5C4c4cc(-c5ccccc5-c5nc(-c6ccccc6)nc(-c6ccccc6-c6cccnc6)n5)ccc43)n2)cc1. The molecule has 0 aliphatic heterocycles. The van der Waals surface area contributed by atoms with E-state index in [0.29, 0.717) is 34.9 Å². The van der Waals surface area contributed by atoms with Crippen LogP contribution in [0.25, 0.3) is 113 Å². The van der Waals surface area contributed by atoms with Crippen molar-refractivity contribution in [2.45, 2.75) is 11.8 Å². The van der Waals surface area contributed by atoms with Gasteiger partial charge in [0, 0.05) is 81.1 Å². The van der Waals surface area contributed by atoms with Gasteiger partial charge in [0.1, 0.15) is 0 Å². The lowest BCUT2D eigenvalue weighted by Crippen LogP contribution is -2.27. The molecule has 0 radical (unpaired) electrons. The molecule has 80 heavy (non-hydrogen) atoms. The van der Waals surface area contributed by atoms with E-state index in [0.717, 1.165) is 77.9 Å². The maximum absolute atomic E-state index is 5.31. The minimum atomic E-state index is 0.0226. The number of hydrogen-bond donors (Lipinski definition) is 0. The van der Waals surface area contributed by atoms with Crippen molar-refractivity contribution in [1.29, 1.82) is 0 Å². The Balaban J connectivity index is 0.836. The van der Waals surface area contributed by atoms with Gasteiger partial charge in [-0.05, 0) is 91.0 Å². The molecule has 9 aromatic carbocycles. The first-order chi connectivity index (χ1) is 39.7. The first kappa shape index (κ1) is 46.6. The molecule has 0 N–H and O–H groups in total. The van der Waals surface area contributed by atoms with Crippen LogP contribution in [0.3, 0.4) is 0 Å². The van der Waals surface area contributed by atoms with Gasteiger partial charge in [-0.15, -0.1) is 0 Å². The van der Waals surface area contributed by atoms with Gasteiger partial charge in [-0.3, -0.25) is 9.97 Å². The zero-order chi connectivity index (χ0) is 52.9. The van der Waals surface area contributed by atoms with Crippen molar-refractivity contribution >= 4 is 0 Å². The van der Waals surface area contributed by atoms with Crippen molar-refractivity contribution in [3.63, 3.8) is 0 Å². The summed E-state index contributed by atoms with van der Waals surface area (Å²) in [6, 6.07) is 85.0. The number of rotatable bonds is 10. The van der Waals surface area contributed by atoms with Crippen molar-refractivity contribution in [3.05, 3.63) is 301 Å². The molecule has 0 saturated carbocycles. The van der Waals surface area contributed by atoms with Gasteiger partial charge in [-0.1, -0.05) is 218 Å². The minimum absolute atomic E-state index is 0.0226. The van der Waals surface area contributed by atoms with E-state index >= 15 is 0 Å². The average molecular weight is 1020 g/mol. The quantitative estimate of drug-likeness (QED) is 0.133. The van der Waals surface area contributed by atoms with E-state index in [1.54, 1.807) is 12.4 Å². The number of benzene rings is 9. The molecule has 13 aromatic rings. The summed E-state index contributed by atoms with van der Waals surface area (Å²) in [6.45, 7) is 0. The number of hydrogen-bond acceptors (Lipinski definition) is 8. The topological polar surface area (TPSA) is 103 Å². The van der Waals surface area contributed by atoms with Gasteiger partial charge in [-0.25, -0.2) is 29.9 Å². The largest absolute Gasteiger partial charge is 0.264 e. The molecule has 2 bridgehead atoms. The number of pyridine rings is 2. The van der Waals surface area contributed by atoms with Crippen molar-refractivity contribution in [2.24, 2.45) is 0 Å². The highest BCUT2D eigenvalue weighted by Gasteiger charge is 2.41. The fourth-order valence-electron chi connectivity index (χ4n) is 12.0. The van der Waals surface area contributed by atoms with Crippen LogP contribution < -0.4 is 0 Å². The Hall–Kier alpha value is -10.7. The highest BCUT2D eigenvalue weighted by Crippen LogP contribution is 2.57. The predicted molar refractivity (Wildman–Crippen MR) is 318 cm³/mol. The lowest BCUT2D eigenvalue weighted by atomic mass is 9.60. The molecule has 0 fully saturated rings. The second-order valence-corrected chi connectivity index (χ2v) is 20.2. The van der Waals surface area contributed by atoms with E-state index in [4.69, 9.17) is 29.9 Å². The first-order valence-corrected chi connectivity index (χ1v) is 26.9. The Morgan fingerprint density at radius 2 is 0.487 bits per heavy atom. The van der Waals surface area contributed by atoms with Crippen LogP contribution in [0.4, 0.5) is 0 Å². The van der Waals surface area contributed by atoms with Crippen molar-refractivity contribution in [3.8, 4) is 113 Å². The van der Waals surface area contributed by atoms with Crippen LogP contribution in [0.1, 0.15) is 45.2 Å². The summed E-state index contributed by atoms with van der Waals surface area (Å²) in [4.78, 5) is 40.3. The van der Waals surface area contributed by atoms with Crippen molar-refractivity contribution < 1.29 is 0 Å². The zero-order valence-electron chi connectivity index (χ0n) is 43.1. The lowest BCUT2D eigenvalue weighted by molar-refractivity contribution is 0.755. The Morgan fingerprint density at radius 1 is 0.200 bits per heavy atom. The molecule has 2 unspecified atom stereocenters. The Kier molecular flexibility index (Phi) is 11.5. The third kappa shape index (κ3) is 8.17. The lowest BCUT2D eigenvalue weighted by Gasteiger charge is -2.42. The van der Waals surface area contributed by atoms with Crippen LogP contribution in [0.5, 0.6) is 0 Å². The van der Waals surface area contributed by atoms with Gasteiger partial charge < -0.3 is 0 Å².